The summed E-state index contributed by atoms with van der Waals surface area (Å²) in [5.41, 5.74) is 6.99. The van der Waals surface area contributed by atoms with Gasteiger partial charge < -0.3 is 11.1 Å². The molecule has 1 unspecified atom stereocenters. The summed E-state index contributed by atoms with van der Waals surface area (Å²) in [4.78, 5) is 11.1. The Morgan fingerprint density at radius 3 is 3.17 bits per heavy atom. The molecule has 0 aliphatic rings. The van der Waals surface area contributed by atoms with Crippen LogP contribution in [0.2, 0.25) is 0 Å². The van der Waals surface area contributed by atoms with Gasteiger partial charge in [-0.3, -0.25) is 4.79 Å². The maximum atomic E-state index is 11.1. The Hall–Kier alpha value is -1.01. The summed E-state index contributed by atoms with van der Waals surface area (Å²) in [5, 5.41) is 10.3. The van der Waals surface area contributed by atoms with E-state index in [-0.39, 0.29) is 11.9 Å². The highest BCUT2D eigenvalue weighted by molar-refractivity contribution is 7.13. The summed E-state index contributed by atoms with van der Waals surface area (Å²) < 4.78 is 0. The van der Waals surface area contributed by atoms with Crippen molar-refractivity contribution in [1.29, 1.82) is 0 Å². The van der Waals surface area contributed by atoms with Crippen molar-refractivity contribution in [3.63, 3.8) is 0 Å². The molecule has 0 saturated heterocycles. The predicted molar refractivity (Wildman–Crippen MR) is 46.8 cm³/mol. The fraction of sp³-hybridized carbons (Fsp3) is 0.500. The highest BCUT2D eigenvalue weighted by Gasteiger charge is 2.06. The Balaban J connectivity index is 2.37. The lowest BCUT2D eigenvalue weighted by atomic mass is 10.2. The Labute approximate surface area is 74.0 Å². The Morgan fingerprint density at radius 2 is 2.67 bits per heavy atom. The second-order valence-electron chi connectivity index (χ2n) is 2.47. The average molecular weight is 186 g/mol. The normalized spacial score (nSPS) is 12.5. The number of amides is 1. The Kier molecular flexibility index (Phi) is 3.12. The molecular formula is C6H10N4OS. The maximum absolute atomic E-state index is 11.1. The molecule has 1 aromatic rings. The third-order valence-corrected chi connectivity index (χ3v) is 1.72. The number of nitrogens with one attached hydrogen (secondary N) is 1. The summed E-state index contributed by atoms with van der Waals surface area (Å²) in [6, 6.07) is -0.127. The minimum Gasteiger partial charge on any atom is -0.327 e. The SMILES string of the molecule is CC(N)CC(=O)Nc1nncs1. The van der Waals surface area contributed by atoms with Crippen molar-refractivity contribution in [2.75, 3.05) is 5.32 Å². The maximum Gasteiger partial charge on any atom is 0.227 e. The van der Waals surface area contributed by atoms with Crippen LogP contribution in [-0.4, -0.2) is 22.1 Å². The van der Waals surface area contributed by atoms with Gasteiger partial charge in [-0.05, 0) is 6.92 Å². The van der Waals surface area contributed by atoms with E-state index in [1.807, 2.05) is 0 Å². The van der Waals surface area contributed by atoms with Gasteiger partial charge in [0.1, 0.15) is 5.51 Å². The molecule has 1 amide bonds. The van der Waals surface area contributed by atoms with Gasteiger partial charge in [0.2, 0.25) is 11.0 Å². The third-order valence-electron chi connectivity index (χ3n) is 1.11. The van der Waals surface area contributed by atoms with Crippen molar-refractivity contribution in [2.24, 2.45) is 5.73 Å². The van der Waals surface area contributed by atoms with E-state index in [0.29, 0.717) is 11.6 Å². The van der Waals surface area contributed by atoms with Crippen molar-refractivity contribution >= 4 is 22.4 Å². The van der Waals surface area contributed by atoms with Gasteiger partial charge in [-0.15, -0.1) is 10.2 Å². The van der Waals surface area contributed by atoms with Gasteiger partial charge in [-0.25, -0.2) is 0 Å². The van der Waals surface area contributed by atoms with Crippen LogP contribution >= 0.6 is 11.3 Å². The zero-order chi connectivity index (χ0) is 8.97. The van der Waals surface area contributed by atoms with E-state index in [9.17, 15) is 4.79 Å². The molecule has 5 nitrogen and oxygen atoms in total. The molecule has 66 valence electrons. The van der Waals surface area contributed by atoms with Crippen LogP contribution in [0.25, 0.3) is 0 Å². The standard InChI is InChI=1S/C6H10N4OS/c1-4(7)2-5(11)9-6-10-8-3-12-6/h3-4H,2,7H2,1H3,(H,9,10,11). The van der Waals surface area contributed by atoms with Crippen LogP contribution in [-0.2, 0) is 4.79 Å². The molecule has 0 bridgehead atoms. The molecule has 12 heavy (non-hydrogen) atoms. The first-order valence-corrected chi connectivity index (χ1v) is 4.38. The fourth-order valence-electron chi connectivity index (χ4n) is 0.690. The average Bonchev–Trinajstić information content (AvgIpc) is 2.37. The van der Waals surface area contributed by atoms with Gasteiger partial charge in [0.25, 0.3) is 0 Å². The van der Waals surface area contributed by atoms with Crippen LogP contribution in [0.3, 0.4) is 0 Å². The van der Waals surface area contributed by atoms with Crippen molar-refractivity contribution in [2.45, 2.75) is 19.4 Å². The van der Waals surface area contributed by atoms with Gasteiger partial charge in [0.05, 0.1) is 0 Å². The van der Waals surface area contributed by atoms with Crippen molar-refractivity contribution < 1.29 is 4.79 Å². The van der Waals surface area contributed by atoms with E-state index in [4.69, 9.17) is 5.73 Å². The van der Waals surface area contributed by atoms with Crippen molar-refractivity contribution in [3.8, 4) is 0 Å². The first kappa shape index (κ1) is 9.08. The minimum absolute atomic E-state index is 0.123. The molecule has 0 fully saturated rings. The van der Waals surface area contributed by atoms with Gasteiger partial charge >= 0.3 is 0 Å². The first-order chi connectivity index (χ1) is 5.68. The molecule has 0 radical (unpaired) electrons. The number of anilines is 1. The Bertz CT molecular complexity index is 246. The quantitative estimate of drug-likeness (QED) is 0.707. The predicted octanol–water partition coefficient (Wildman–Crippen LogP) is 0.214. The summed E-state index contributed by atoms with van der Waals surface area (Å²) in [6.45, 7) is 1.78. The lowest BCUT2D eigenvalue weighted by Crippen LogP contribution is -2.23. The number of carbonyl (C=O) groups excluding carboxylic acids is 1. The molecule has 0 aliphatic heterocycles. The summed E-state index contributed by atoms with van der Waals surface area (Å²) in [7, 11) is 0. The summed E-state index contributed by atoms with van der Waals surface area (Å²) >= 11 is 1.28. The second-order valence-corrected chi connectivity index (χ2v) is 3.31. The van der Waals surface area contributed by atoms with Crippen LogP contribution in [0.1, 0.15) is 13.3 Å². The highest BCUT2D eigenvalue weighted by Crippen LogP contribution is 2.08. The highest BCUT2D eigenvalue weighted by atomic mass is 32.1. The van der Waals surface area contributed by atoms with Crippen LogP contribution in [0, 0.1) is 0 Å². The number of nitrogens with two attached hydrogens (primary N) is 1. The molecule has 1 aromatic heterocycles. The topological polar surface area (TPSA) is 80.9 Å². The fourth-order valence-corrected chi connectivity index (χ4v) is 1.15. The smallest absolute Gasteiger partial charge is 0.227 e. The molecular weight excluding hydrogens is 176 g/mol. The van der Waals surface area contributed by atoms with Gasteiger partial charge in [-0.2, -0.15) is 0 Å². The van der Waals surface area contributed by atoms with Gasteiger partial charge in [-0.1, -0.05) is 11.3 Å². The lowest BCUT2D eigenvalue weighted by molar-refractivity contribution is -0.116. The van der Waals surface area contributed by atoms with Crippen molar-refractivity contribution in [3.05, 3.63) is 5.51 Å². The van der Waals surface area contributed by atoms with Crippen LogP contribution in [0.5, 0.6) is 0 Å². The van der Waals surface area contributed by atoms with E-state index < -0.39 is 0 Å². The molecule has 0 spiro atoms. The first-order valence-electron chi connectivity index (χ1n) is 3.50. The monoisotopic (exact) mass is 186 g/mol. The summed E-state index contributed by atoms with van der Waals surface area (Å²) in [6.07, 6.45) is 0.305. The number of rotatable bonds is 3. The van der Waals surface area contributed by atoms with Crippen LogP contribution in [0.15, 0.2) is 5.51 Å². The molecule has 0 aromatic carbocycles. The number of hydrogen-bond donors (Lipinski definition) is 2. The third kappa shape index (κ3) is 2.93. The van der Waals surface area contributed by atoms with E-state index >= 15 is 0 Å². The zero-order valence-electron chi connectivity index (χ0n) is 6.65. The van der Waals surface area contributed by atoms with Gasteiger partial charge in [0, 0.05) is 12.5 Å². The van der Waals surface area contributed by atoms with Gasteiger partial charge in [0.15, 0.2) is 0 Å². The number of hydrogen-bond acceptors (Lipinski definition) is 5. The van der Waals surface area contributed by atoms with Crippen LogP contribution < -0.4 is 11.1 Å². The number of aromatic nitrogens is 2. The molecule has 1 rings (SSSR count). The van der Waals surface area contributed by atoms with E-state index in [2.05, 4.69) is 15.5 Å². The number of carbonyl (C=O) groups is 1. The minimum atomic E-state index is -0.127. The zero-order valence-corrected chi connectivity index (χ0v) is 7.47. The van der Waals surface area contributed by atoms with E-state index in [1.165, 1.54) is 11.3 Å². The van der Waals surface area contributed by atoms with E-state index in [1.54, 1.807) is 12.4 Å². The largest absolute Gasteiger partial charge is 0.327 e. The van der Waals surface area contributed by atoms with E-state index in [0.717, 1.165) is 0 Å². The van der Waals surface area contributed by atoms with Crippen molar-refractivity contribution in [1.82, 2.24) is 10.2 Å². The van der Waals surface area contributed by atoms with Crippen LogP contribution in [0.4, 0.5) is 5.13 Å². The molecule has 0 aliphatic carbocycles. The Morgan fingerprint density at radius 1 is 1.92 bits per heavy atom. The molecule has 1 atom stereocenters. The molecule has 6 heteroatoms. The number of nitrogens with zero attached hydrogens (tertiary/aromatic N) is 2. The molecule has 1 heterocycles. The molecule has 0 saturated carbocycles. The second kappa shape index (κ2) is 4.13. The summed E-state index contributed by atoms with van der Waals surface area (Å²) in [5.74, 6) is -0.123. The molecule has 3 N–H and O–H groups in total. The lowest BCUT2D eigenvalue weighted by Gasteiger charge is -2.02.